The van der Waals surface area contributed by atoms with Crippen LogP contribution < -0.4 is 4.90 Å². The number of hydrogen-bond donors (Lipinski definition) is 0. The van der Waals surface area contributed by atoms with Crippen LogP contribution in [0.4, 0.5) is 17.1 Å². The van der Waals surface area contributed by atoms with Crippen molar-refractivity contribution in [2.75, 3.05) is 4.90 Å². The zero-order valence-corrected chi connectivity index (χ0v) is 35.7. The van der Waals surface area contributed by atoms with E-state index in [2.05, 4.69) is 230 Å². The van der Waals surface area contributed by atoms with E-state index in [0.29, 0.717) is 0 Å². The first kappa shape index (κ1) is 36.0. The molecule has 296 valence electrons. The molecule has 63 heavy (non-hydrogen) atoms. The number of nitrogens with zero attached hydrogens (tertiary/aromatic N) is 2. The quantitative estimate of drug-likeness (QED) is 0.120. The fourth-order valence-electron chi connectivity index (χ4n) is 10.3. The number of rotatable bonds is 6. The molecule has 2 heterocycles. The Bertz CT molecular complexity index is 4000. The highest BCUT2D eigenvalue weighted by atomic mass is 32.1. The molecule has 0 amide bonds. The lowest BCUT2D eigenvalue weighted by molar-refractivity contribution is 1.18. The molecule has 0 saturated heterocycles. The number of allylic oxidation sites excluding steroid dienone is 2. The van der Waals surface area contributed by atoms with Gasteiger partial charge in [0.1, 0.15) is 0 Å². The van der Waals surface area contributed by atoms with E-state index >= 15 is 0 Å². The van der Waals surface area contributed by atoms with Crippen LogP contribution >= 0.6 is 11.3 Å². The summed E-state index contributed by atoms with van der Waals surface area (Å²) in [6.07, 6.45) is 0. The van der Waals surface area contributed by atoms with Gasteiger partial charge in [0.2, 0.25) is 0 Å². The summed E-state index contributed by atoms with van der Waals surface area (Å²) in [5.74, 6) is 0. The molecular formula is C60H40N2S. The summed E-state index contributed by atoms with van der Waals surface area (Å²) in [6.45, 7) is 4.57. The van der Waals surface area contributed by atoms with E-state index in [9.17, 15) is 0 Å². The molecule has 13 aromatic rings. The first-order chi connectivity index (χ1) is 31.1. The molecule has 0 unspecified atom stereocenters. The van der Waals surface area contributed by atoms with Crippen molar-refractivity contribution in [3.8, 4) is 5.69 Å². The van der Waals surface area contributed by atoms with Crippen LogP contribution in [0, 0.1) is 0 Å². The summed E-state index contributed by atoms with van der Waals surface area (Å²) in [7, 11) is 0. The lowest BCUT2D eigenvalue weighted by Gasteiger charge is -2.28. The highest BCUT2D eigenvalue weighted by Gasteiger charge is 2.21. The number of benzene rings is 11. The van der Waals surface area contributed by atoms with E-state index in [-0.39, 0.29) is 0 Å². The van der Waals surface area contributed by atoms with Crippen LogP contribution in [-0.2, 0) is 0 Å². The molecule has 2 aromatic heterocycles. The van der Waals surface area contributed by atoms with E-state index in [4.69, 9.17) is 0 Å². The first-order valence-electron chi connectivity index (χ1n) is 21.7. The third kappa shape index (κ3) is 5.56. The van der Waals surface area contributed by atoms with Crippen molar-refractivity contribution in [1.29, 1.82) is 0 Å². The van der Waals surface area contributed by atoms with Gasteiger partial charge in [0.15, 0.2) is 0 Å². The molecule has 2 nitrogen and oxygen atoms in total. The van der Waals surface area contributed by atoms with Gasteiger partial charge in [-0.2, -0.15) is 0 Å². The Labute approximate surface area is 369 Å². The van der Waals surface area contributed by atoms with Crippen molar-refractivity contribution in [3.05, 3.63) is 217 Å². The molecule has 0 fully saturated rings. The van der Waals surface area contributed by atoms with Gasteiger partial charge >= 0.3 is 0 Å². The molecule has 3 heteroatoms. The lowest BCUT2D eigenvalue weighted by atomic mass is 9.93. The van der Waals surface area contributed by atoms with Gasteiger partial charge in [-0.05, 0) is 141 Å². The Balaban J connectivity index is 0.950. The largest absolute Gasteiger partial charge is 0.310 e. The summed E-state index contributed by atoms with van der Waals surface area (Å²) in [6, 6.07) is 76.4. The Morgan fingerprint density at radius 2 is 1.00 bits per heavy atom. The van der Waals surface area contributed by atoms with Crippen molar-refractivity contribution >= 4 is 125 Å². The highest BCUT2D eigenvalue weighted by Crippen LogP contribution is 2.46. The lowest BCUT2D eigenvalue weighted by Crippen LogP contribution is -2.10. The van der Waals surface area contributed by atoms with Crippen molar-refractivity contribution < 1.29 is 0 Å². The third-order valence-electron chi connectivity index (χ3n) is 13.5. The van der Waals surface area contributed by atoms with Gasteiger partial charge < -0.3 is 9.47 Å². The molecule has 0 atom stereocenters. The number of fused-ring (bicyclic) bond motifs is 7. The van der Waals surface area contributed by atoms with Crippen molar-refractivity contribution in [3.63, 3.8) is 0 Å². The average molecular weight is 821 g/mol. The van der Waals surface area contributed by atoms with Crippen LogP contribution in [-0.4, -0.2) is 4.57 Å². The number of thiophene rings is 1. The number of anilines is 3. The second-order valence-corrected chi connectivity index (χ2v) is 18.1. The minimum absolute atomic E-state index is 1.14. The van der Waals surface area contributed by atoms with E-state index < -0.39 is 0 Å². The van der Waals surface area contributed by atoms with Gasteiger partial charge in [0.25, 0.3) is 0 Å². The van der Waals surface area contributed by atoms with E-state index in [0.717, 1.165) is 11.4 Å². The maximum atomic E-state index is 2.46. The fraction of sp³-hybridized carbons (Fsp3) is 0.0333. The molecule has 0 aliphatic carbocycles. The maximum absolute atomic E-state index is 2.46. The summed E-state index contributed by atoms with van der Waals surface area (Å²) in [5, 5.41) is 15.3. The van der Waals surface area contributed by atoms with Gasteiger partial charge in [-0.15, -0.1) is 11.3 Å². The Hall–Kier alpha value is -7.72. The summed E-state index contributed by atoms with van der Waals surface area (Å²) >= 11 is 1.89. The van der Waals surface area contributed by atoms with Crippen molar-refractivity contribution in [2.24, 2.45) is 0 Å². The topological polar surface area (TPSA) is 8.17 Å². The average Bonchev–Trinajstić information content (AvgIpc) is 3.88. The normalized spacial score (nSPS) is 12.5. The zero-order chi connectivity index (χ0) is 41.8. The molecule has 0 radical (unpaired) electrons. The molecule has 0 spiro atoms. The molecule has 0 aliphatic rings. The third-order valence-corrected chi connectivity index (χ3v) is 14.6. The Morgan fingerprint density at radius 3 is 1.86 bits per heavy atom. The predicted octanol–water partition coefficient (Wildman–Crippen LogP) is 17.6. The van der Waals surface area contributed by atoms with Gasteiger partial charge in [0.05, 0.1) is 16.7 Å². The second-order valence-electron chi connectivity index (χ2n) is 17.0. The smallest absolute Gasteiger partial charge is 0.0553 e. The summed E-state index contributed by atoms with van der Waals surface area (Å²) < 4.78 is 5.02. The monoisotopic (exact) mass is 820 g/mol. The Kier molecular flexibility index (Phi) is 7.94. The van der Waals surface area contributed by atoms with Crippen LogP contribution in [0.1, 0.15) is 25.0 Å². The van der Waals surface area contributed by atoms with Crippen molar-refractivity contribution in [2.45, 2.75) is 13.8 Å². The van der Waals surface area contributed by atoms with Gasteiger partial charge in [0, 0.05) is 53.4 Å². The molecule has 11 aromatic carbocycles. The highest BCUT2D eigenvalue weighted by molar-refractivity contribution is 7.25. The molecule has 0 bridgehead atoms. The molecule has 0 N–H and O–H groups in total. The maximum Gasteiger partial charge on any atom is 0.0553 e. The summed E-state index contributed by atoms with van der Waals surface area (Å²) in [4.78, 5) is 2.46. The standard InChI is InChI=1S/C60H40N2S/c1-37(38(2)45-31-44-24-23-40-16-12-22-54-59(40)60(44)56(34-45)62(54)46-17-4-3-5-18-46)41-26-29-52-53-30-28-48(36-58(53)63-57(52)35-41)61(47-27-25-39-13-6-7-14-42(39)32-47)55-33-43-15-8-9-19-49(43)50-20-10-11-21-51(50)55/h3-36H,1-2H3. The minimum Gasteiger partial charge on any atom is -0.310 e. The fourth-order valence-corrected chi connectivity index (χ4v) is 11.5. The predicted molar refractivity (Wildman–Crippen MR) is 274 cm³/mol. The number of para-hydroxylation sites is 1. The molecule has 0 saturated carbocycles. The molecule has 13 rings (SSSR count). The summed E-state index contributed by atoms with van der Waals surface area (Å²) in [5.41, 5.74) is 12.2. The van der Waals surface area contributed by atoms with E-state index in [1.54, 1.807) is 0 Å². The minimum atomic E-state index is 1.14. The van der Waals surface area contributed by atoms with Gasteiger partial charge in [-0.25, -0.2) is 0 Å². The second kappa shape index (κ2) is 13.9. The molecular weight excluding hydrogens is 781 g/mol. The van der Waals surface area contributed by atoms with E-state index in [1.165, 1.54) is 119 Å². The van der Waals surface area contributed by atoms with Crippen LogP contribution in [0.25, 0.3) is 102 Å². The Morgan fingerprint density at radius 1 is 0.381 bits per heavy atom. The van der Waals surface area contributed by atoms with Crippen molar-refractivity contribution in [1.82, 2.24) is 4.57 Å². The van der Waals surface area contributed by atoms with Crippen LogP contribution in [0.5, 0.6) is 0 Å². The first-order valence-corrected chi connectivity index (χ1v) is 22.6. The number of aromatic nitrogens is 1. The SMILES string of the molecule is CC(=C(C)c1cc2ccc3cccc4c3c2c(c1)n4-c1ccccc1)c1ccc2c(c1)sc1cc(N(c3ccc4ccccc4c3)c3cc4ccccc4c4ccccc34)ccc12. The number of hydrogen-bond acceptors (Lipinski definition) is 2. The molecule has 0 aliphatic heterocycles. The van der Waals surface area contributed by atoms with Crippen LogP contribution in [0.2, 0.25) is 0 Å². The van der Waals surface area contributed by atoms with E-state index in [1.807, 2.05) is 11.3 Å². The van der Waals surface area contributed by atoms with Gasteiger partial charge in [-0.1, -0.05) is 140 Å². The zero-order valence-electron chi connectivity index (χ0n) is 34.9. The van der Waals surface area contributed by atoms with Crippen LogP contribution in [0.3, 0.4) is 0 Å². The van der Waals surface area contributed by atoms with Crippen LogP contribution in [0.15, 0.2) is 206 Å². The van der Waals surface area contributed by atoms with Gasteiger partial charge in [-0.3, -0.25) is 0 Å².